The zero-order chi connectivity index (χ0) is 14.4. The Balaban J connectivity index is 0.00000361. The molecule has 0 aliphatic rings. The number of hydrogen-bond acceptors (Lipinski definition) is 3. The van der Waals surface area contributed by atoms with Crippen molar-refractivity contribution in [3.8, 4) is 0 Å². The molecule has 0 heterocycles. The highest BCUT2D eigenvalue weighted by Gasteiger charge is 2.19. The number of benzene rings is 1. The highest BCUT2D eigenvalue weighted by atomic mass is 35.5. The van der Waals surface area contributed by atoms with Crippen molar-refractivity contribution in [2.24, 2.45) is 0 Å². The molecule has 1 aromatic rings. The number of aliphatic carboxylic acids is 1. The monoisotopic (exact) mass is 300 g/mol. The Morgan fingerprint density at radius 2 is 1.80 bits per heavy atom. The number of hydrogen-bond donors (Lipinski definition) is 2. The maximum absolute atomic E-state index is 11.8. The predicted molar refractivity (Wildman–Crippen MR) is 80.0 cm³/mol. The van der Waals surface area contributed by atoms with Crippen LogP contribution in [0.1, 0.15) is 25.5 Å². The summed E-state index contributed by atoms with van der Waals surface area (Å²) >= 11 is 0. The molecule has 0 saturated heterocycles. The molecule has 1 aromatic carbocycles. The fourth-order valence-electron chi connectivity index (χ4n) is 1.66. The molecule has 0 radical (unpaired) electrons. The lowest BCUT2D eigenvalue weighted by atomic mass is 10.1. The molecule has 1 amide bonds. The number of carboxylic acids is 1. The number of halogens is 1. The molecule has 5 nitrogen and oxygen atoms in total. The molecule has 0 fully saturated rings. The minimum Gasteiger partial charge on any atom is -0.480 e. The van der Waals surface area contributed by atoms with Gasteiger partial charge in [-0.25, -0.2) is 0 Å². The Morgan fingerprint density at radius 1 is 1.25 bits per heavy atom. The van der Waals surface area contributed by atoms with Crippen molar-refractivity contribution in [2.45, 2.75) is 25.9 Å². The van der Waals surface area contributed by atoms with E-state index in [1.165, 1.54) is 4.90 Å². The lowest BCUT2D eigenvalue weighted by molar-refractivity contribution is -0.142. The average Bonchev–Trinajstić information content (AvgIpc) is 2.38. The molecule has 2 N–H and O–H groups in total. The van der Waals surface area contributed by atoms with E-state index in [1.54, 1.807) is 14.0 Å². The molecule has 0 aliphatic carbocycles. The summed E-state index contributed by atoms with van der Waals surface area (Å²) in [4.78, 5) is 24.1. The normalized spacial score (nSPS) is 13.2. The maximum Gasteiger partial charge on any atom is 0.320 e. The van der Waals surface area contributed by atoms with E-state index in [-0.39, 0.29) is 30.9 Å². The summed E-state index contributed by atoms with van der Waals surface area (Å²) in [5.41, 5.74) is 1.02. The number of carbonyl (C=O) groups excluding carboxylic acids is 1. The Hall–Kier alpha value is -1.59. The second-order valence-electron chi connectivity index (χ2n) is 4.63. The molecule has 0 aliphatic heterocycles. The van der Waals surface area contributed by atoms with Crippen LogP contribution in [0.5, 0.6) is 0 Å². The van der Waals surface area contributed by atoms with E-state index < -0.39 is 12.0 Å². The summed E-state index contributed by atoms with van der Waals surface area (Å²) in [6.45, 7) is 3.51. The lowest BCUT2D eigenvalue weighted by Gasteiger charge is -2.22. The summed E-state index contributed by atoms with van der Waals surface area (Å²) < 4.78 is 0. The molecule has 6 heteroatoms. The highest BCUT2D eigenvalue weighted by Crippen LogP contribution is 2.10. The molecule has 0 spiro atoms. The molecule has 0 aromatic heterocycles. The van der Waals surface area contributed by atoms with Crippen LogP contribution in [-0.4, -0.2) is 41.5 Å². The van der Waals surface area contributed by atoms with Crippen LogP contribution in [0.25, 0.3) is 0 Å². The standard InChI is InChI=1S/C14H20N2O3.ClH/c1-10(12-7-5-4-6-8-12)15-13(17)9-16(3)11(2)14(18)19;/h4-8,10-11H,9H2,1-3H3,(H,15,17)(H,18,19);1H. The Kier molecular flexibility index (Phi) is 7.87. The van der Waals surface area contributed by atoms with Gasteiger partial charge in [-0.15, -0.1) is 12.4 Å². The maximum atomic E-state index is 11.8. The number of nitrogens with one attached hydrogen (secondary N) is 1. The van der Waals surface area contributed by atoms with Gasteiger partial charge in [0.05, 0.1) is 12.6 Å². The van der Waals surface area contributed by atoms with E-state index in [9.17, 15) is 9.59 Å². The first-order valence-corrected chi connectivity index (χ1v) is 6.19. The summed E-state index contributed by atoms with van der Waals surface area (Å²) in [5, 5.41) is 11.7. The van der Waals surface area contributed by atoms with Gasteiger partial charge in [0, 0.05) is 0 Å². The largest absolute Gasteiger partial charge is 0.480 e. The lowest BCUT2D eigenvalue weighted by Crippen LogP contribution is -2.43. The van der Waals surface area contributed by atoms with Crippen LogP contribution >= 0.6 is 12.4 Å². The van der Waals surface area contributed by atoms with Crippen molar-refractivity contribution in [1.29, 1.82) is 0 Å². The average molecular weight is 301 g/mol. The second kappa shape index (κ2) is 8.55. The van der Waals surface area contributed by atoms with Crippen molar-refractivity contribution in [2.75, 3.05) is 13.6 Å². The molecule has 20 heavy (non-hydrogen) atoms. The SMILES string of the molecule is CC(NC(=O)CN(C)C(C)C(=O)O)c1ccccc1.Cl. The quantitative estimate of drug-likeness (QED) is 0.839. The van der Waals surface area contributed by atoms with Gasteiger partial charge in [-0.3, -0.25) is 14.5 Å². The van der Waals surface area contributed by atoms with Crippen molar-refractivity contribution in [3.05, 3.63) is 35.9 Å². The zero-order valence-corrected chi connectivity index (χ0v) is 12.7. The van der Waals surface area contributed by atoms with Crippen LogP contribution < -0.4 is 5.32 Å². The zero-order valence-electron chi connectivity index (χ0n) is 11.9. The number of carboxylic acid groups (broad SMARTS) is 1. The van der Waals surface area contributed by atoms with Crippen molar-refractivity contribution >= 4 is 24.3 Å². The van der Waals surface area contributed by atoms with Gasteiger partial charge in [-0.05, 0) is 26.5 Å². The van der Waals surface area contributed by atoms with Gasteiger partial charge >= 0.3 is 5.97 Å². The number of amides is 1. The van der Waals surface area contributed by atoms with Gasteiger partial charge in [0.15, 0.2) is 0 Å². The summed E-state index contributed by atoms with van der Waals surface area (Å²) in [6.07, 6.45) is 0. The van der Waals surface area contributed by atoms with Crippen molar-refractivity contribution in [1.82, 2.24) is 10.2 Å². The topological polar surface area (TPSA) is 69.6 Å². The Bertz CT molecular complexity index is 439. The third kappa shape index (κ3) is 5.59. The van der Waals surface area contributed by atoms with Crippen LogP contribution in [0.2, 0.25) is 0 Å². The molecule has 0 saturated carbocycles. The van der Waals surface area contributed by atoms with E-state index in [2.05, 4.69) is 5.32 Å². The first kappa shape index (κ1) is 18.4. The van der Waals surface area contributed by atoms with Gasteiger partial charge in [0.2, 0.25) is 5.91 Å². The molecule has 0 bridgehead atoms. The number of rotatable bonds is 6. The molecule has 2 unspecified atom stereocenters. The Labute approximate surface area is 125 Å². The first-order valence-electron chi connectivity index (χ1n) is 6.19. The highest BCUT2D eigenvalue weighted by molar-refractivity contribution is 5.85. The molecular weight excluding hydrogens is 280 g/mol. The third-order valence-corrected chi connectivity index (χ3v) is 3.09. The predicted octanol–water partition coefficient (Wildman–Crippen LogP) is 1.69. The fraction of sp³-hybridized carbons (Fsp3) is 0.429. The van der Waals surface area contributed by atoms with Gasteiger partial charge in [0.25, 0.3) is 0 Å². The van der Waals surface area contributed by atoms with Crippen molar-refractivity contribution in [3.63, 3.8) is 0 Å². The van der Waals surface area contributed by atoms with Gasteiger partial charge < -0.3 is 10.4 Å². The fourth-order valence-corrected chi connectivity index (χ4v) is 1.66. The number of nitrogens with zero attached hydrogens (tertiary/aromatic N) is 1. The van der Waals surface area contributed by atoms with E-state index in [0.29, 0.717) is 0 Å². The van der Waals surface area contributed by atoms with Crippen LogP contribution in [-0.2, 0) is 9.59 Å². The Morgan fingerprint density at radius 3 is 2.30 bits per heavy atom. The number of likely N-dealkylation sites (N-methyl/N-ethyl adjacent to an activating group) is 1. The summed E-state index contributed by atoms with van der Waals surface area (Å²) in [7, 11) is 1.62. The summed E-state index contributed by atoms with van der Waals surface area (Å²) in [5.74, 6) is -1.13. The van der Waals surface area contributed by atoms with E-state index in [1.807, 2.05) is 37.3 Å². The second-order valence-corrected chi connectivity index (χ2v) is 4.63. The van der Waals surface area contributed by atoms with E-state index in [4.69, 9.17) is 5.11 Å². The van der Waals surface area contributed by atoms with Crippen LogP contribution in [0.4, 0.5) is 0 Å². The van der Waals surface area contributed by atoms with Crippen LogP contribution in [0.3, 0.4) is 0 Å². The smallest absolute Gasteiger partial charge is 0.320 e. The van der Waals surface area contributed by atoms with Crippen LogP contribution in [0.15, 0.2) is 30.3 Å². The number of carbonyl (C=O) groups is 2. The van der Waals surface area contributed by atoms with E-state index in [0.717, 1.165) is 5.56 Å². The van der Waals surface area contributed by atoms with E-state index >= 15 is 0 Å². The first-order chi connectivity index (χ1) is 8.91. The summed E-state index contributed by atoms with van der Waals surface area (Å²) in [6, 6.07) is 8.84. The van der Waals surface area contributed by atoms with Gasteiger partial charge in [-0.1, -0.05) is 30.3 Å². The minimum atomic E-state index is -0.939. The molecule has 2 atom stereocenters. The van der Waals surface area contributed by atoms with Crippen molar-refractivity contribution < 1.29 is 14.7 Å². The third-order valence-electron chi connectivity index (χ3n) is 3.09. The van der Waals surface area contributed by atoms with Crippen LogP contribution in [0, 0.1) is 0 Å². The molecular formula is C14H21ClN2O3. The molecule has 1 rings (SSSR count). The van der Waals surface area contributed by atoms with Gasteiger partial charge in [-0.2, -0.15) is 0 Å². The molecule has 112 valence electrons. The van der Waals surface area contributed by atoms with Gasteiger partial charge in [0.1, 0.15) is 6.04 Å². The minimum absolute atomic E-state index is 0.